The van der Waals surface area contributed by atoms with Gasteiger partial charge in [-0.2, -0.15) is 5.21 Å². The monoisotopic (exact) mass is 252 g/mol. The molecule has 0 fully saturated rings. The lowest BCUT2D eigenvalue weighted by atomic mass is 9.87. The van der Waals surface area contributed by atoms with Crippen LogP contribution in [-0.2, 0) is 12.8 Å². The lowest BCUT2D eigenvalue weighted by molar-refractivity contribution is 0.617. The molecule has 0 spiro atoms. The Bertz CT molecular complexity index is 553. The Morgan fingerprint density at radius 2 is 2.12 bits per heavy atom. The number of nitrogens with one attached hydrogen (secondary N) is 1. The van der Waals surface area contributed by atoms with Crippen molar-refractivity contribution >= 4 is 11.6 Å². The summed E-state index contributed by atoms with van der Waals surface area (Å²) in [4.78, 5) is 0. The number of nitrogens with zero attached hydrogens (tertiary/aromatic N) is 3. The highest BCUT2D eigenvalue weighted by Gasteiger charge is 2.23. The van der Waals surface area contributed by atoms with Crippen molar-refractivity contribution in [3.8, 4) is 11.4 Å². The van der Waals surface area contributed by atoms with Crippen molar-refractivity contribution < 1.29 is 4.39 Å². The van der Waals surface area contributed by atoms with Crippen molar-refractivity contribution in [3.63, 3.8) is 0 Å². The first-order chi connectivity index (χ1) is 8.27. The van der Waals surface area contributed by atoms with Crippen LogP contribution in [0.15, 0.2) is 6.07 Å². The van der Waals surface area contributed by atoms with E-state index in [1.165, 1.54) is 0 Å². The number of aryl methyl sites for hydroxylation is 1. The molecule has 1 heterocycles. The van der Waals surface area contributed by atoms with Gasteiger partial charge in [0.25, 0.3) is 0 Å². The van der Waals surface area contributed by atoms with E-state index in [2.05, 4.69) is 20.6 Å². The molecule has 0 unspecified atom stereocenters. The number of H-pyrrole nitrogens is 1. The number of aromatic nitrogens is 4. The van der Waals surface area contributed by atoms with Gasteiger partial charge in [-0.15, -0.1) is 10.2 Å². The van der Waals surface area contributed by atoms with E-state index in [-0.39, 0.29) is 10.8 Å². The zero-order valence-electron chi connectivity index (χ0n) is 9.00. The molecule has 3 rings (SSSR count). The number of rotatable bonds is 1. The summed E-state index contributed by atoms with van der Waals surface area (Å²) in [5, 5.41) is 13.6. The molecule has 0 aliphatic heterocycles. The summed E-state index contributed by atoms with van der Waals surface area (Å²) >= 11 is 5.91. The quantitative estimate of drug-likeness (QED) is 0.849. The van der Waals surface area contributed by atoms with Crippen LogP contribution in [0.5, 0.6) is 0 Å². The molecule has 1 aliphatic rings. The number of benzene rings is 1. The molecule has 4 nitrogen and oxygen atoms in total. The molecule has 0 radical (unpaired) electrons. The van der Waals surface area contributed by atoms with E-state index in [1.54, 1.807) is 6.07 Å². The molecule has 88 valence electrons. The van der Waals surface area contributed by atoms with Gasteiger partial charge in [-0.1, -0.05) is 11.6 Å². The topological polar surface area (TPSA) is 54.5 Å². The average Bonchev–Trinajstić information content (AvgIpc) is 2.84. The van der Waals surface area contributed by atoms with E-state index in [4.69, 9.17) is 11.6 Å². The highest BCUT2D eigenvalue weighted by molar-refractivity contribution is 6.31. The Morgan fingerprint density at radius 3 is 2.88 bits per heavy atom. The van der Waals surface area contributed by atoms with Crippen LogP contribution < -0.4 is 0 Å². The summed E-state index contributed by atoms with van der Waals surface area (Å²) in [6.45, 7) is 0. The van der Waals surface area contributed by atoms with Crippen molar-refractivity contribution in [2.75, 3.05) is 0 Å². The number of tetrazole rings is 1. The van der Waals surface area contributed by atoms with E-state index in [0.717, 1.165) is 36.8 Å². The third kappa shape index (κ3) is 1.70. The highest BCUT2D eigenvalue weighted by Crippen LogP contribution is 2.35. The minimum atomic E-state index is -0.450. The van der Waals surface area contributed by atoms with E-state index >= 15 is 0 Å². The molecular weight excluding hydrogens is 243 g/mol. The third-order valence-electron chi connectivity index (χ3n) is 3.11. The largest absolute Gasteiger partial charge is 0.207 e. The van der Waals surface area contributed by atoms with Gasteiger partial charge in [0.1, 0.15) is 0 Å². The molecule has 1 N–H and O–H groups in total. The predicted octanol–water partition coefficient (Wildman–Crippen LogP) is 2.54. The number of hydrogen-bond donors (Lipinski definition) is 1. The molecule has 0 saturated carbocycles. The second kappa shape index (κ2) is 4.07. The molecular formula is C11H10ClFN4. The second-order valence-corrected chi connectivity index (χ2v) is 4.53. The highest BCUT2D eigenvalue weighted by atomic mass is 35.5. The van der Waals surface area contributed by atoms with Gasteiger partial charge in [-0.3, -0.25) is 0 Å². The molecule has 1 aliphatic carbocycles. The Balaban J connectivity index is 2.28. The number of hydrogen-bond acceptors (Lipinski definition) is 3. The summed E-state index contributed by atoms with van der Waals surface area (Å²) in [6, 6.07) is 1.72. The van der Waals surface area contributed by atoms with E-state index in [1.807, 2.05) is 0 Å². The van der Waals surface area contributed by atoms with Crippen molar-refractivity contribution in [2.45, 2.75) is 25.7 Å². The van der Waals surface area contributed by atoms with Crippen molar-refractivity contribution in [1.29, 1.82) is 0 Å². The Morgan fingerprint density at radius 1 is 1.29 bits per heavy atom. The van der Waals surface area contributed by atoms with Gasteiger partial charge in [0.2, 0.25) is 5.82 Å². The van der Waals surface area contributed by atoms with Crippen molar-refractivity contribution in [2.24, 2.45) is 0 Å². The van der Waals surface area contributed by atoms with E-state index in [0.29, 0.717) is 5.56 Å². The Labute approximate surface area is 102 Å². The normalized spacial score (nSPS) is 14.7. The maximum atomic E-state index is 14.1. The van der Waals surface area contributed by atoms with E-state index in [9.17, 15) is 4.39 Å². The Kier molecular flexibility index (Phi) is 2.55. The van der Waals surface area contributed by atoms with Crippen LogP contribution in [0.4, 0.5) is 4.39 Å². The van der Waals surface area contributed by atoms with Crippen LogP contribution in [0.3, 0.4) is 0 Å². The minimum absolute atomic E-state index is 0.130. The average molecular weight is 253 g/mol. The fourth-order valence-electron chi connectivity index (χ4n) is 2.34. The van der Waals surface area contributed by atoms with Crippen LogP contribution in [0.2, 0.25) is 5.02 Å². The van der Waals surface area contributed by atoms with Gasteiger partial charge in [0, 0.05) is 0 Å². The molecule has 2 aromatic rings. The fourth-order valence-corrected chi connectivity index (χ4v) is 2.57. The molecule has 1 aromatic heterocycles. The molecule has 1 aromatic carbocycles. The standard InChI is InChI=1S/C11H10ClFN4/c12-8-5-6-3-1-2-4-7(6)9(10(8)13)11-14-16-17-15-11/h5H,1-4H2,(H,14,15,16,17). The minimum Gasteiger partial charge on any atom is -0.205 e. The maximum Gasteiger partial charge on any atom is 0.207 e. The lowest BCUT2D eigenvalue weighted by Gasteiger charge is -2.19. The number of halogens is 2. The van der Waals surface area contributed by atoms with Gasteiger partial charge in [-0.05, 0) is 48.1 Å². The van der Waals surface area contributed by atoms with Crippen molar-refractivity contribution in [1.82, 2.24) is 20.6 Å². The van der Waals surface area contributed by atoms with Crippen LogP contribution in [-0.4, -0.2) is 20.6 Å². The molecule has 0 amide bonds. The Hall–Kier alpha value is -1.49. The second-order valence-electron chi connectivity index (χ2n) is 4.13. The number of fused-ring (bicyclic) bond motifs is 1. The zero-order valence-corrected chi connectivity index (χ0v) is 9.76. The first kappa shape index (κ1) is 10.7. The van der Waals surface area contributed by atoms with Gasteiger partial charge in [-0.25, -0.2) is 4.39 Å². The molecule has 0 atom stereocenters. The summed E-state index contributed by atoms with van der Waals surface area (Å²) in [5.41, 5.74) is 2.47. The summed E-state index contributed by atoms with van der Waals surface area (Å²) < 4.78 is 14.1. The maximum absolute atomic E-state index is 14.1. The summed E-state index contributed by atoms with van der Waals surface area (Å²) in [6.07, 6.45) is 3.94. The van der Waals surface area contributed by atoms with Gasteiger partial charge in [0.05, 0.1) is 10.6 Å². The molecule has 17 heavy (non-hydrogen) atoms. The molecule has 6 heteroatoms. The lowest BCUT2D eigenvalue weighted by Crippen LogP contribution is -2.07. The molecule has 0 bridgehead atoms. The summed E-state index contributed by atoms with van der Waals surface area (Å²) in [7, 11) is 0. The zero-order chi connectivity index (χ0) is 11.8. The first-order valence-corrected chi connectivity index (χ1v) is 5.88. The number of aromatic amines is 1. The SMILES string of the molecule is Fc1c(Cl)cc2c(c1-c1nn[nH]n1)CCCC2. The van der Waals surface area contributed by atoms with Crippen molar-refractivity contribution in [3.05, 3.63) is 28.0 Å². The first-order valence-electron chi connectivity index (χ1n) is 5.51. The van der Waals surface area contributed by atoms with Crippen LogP contribution >= 0.6 is 11.6 Å². The van der Waals surface area contributed by atoms with Gasteiger partial charge >= 0.3 is 0 Å². The fraction of sp³-hybridized carbons (Fsp3) is 0.364. The predicted molar refractivity (Wildman–Crippen MR) is 61.2 cm³/mol. The summed E-state index contributed by atoms with van der Waals surface area (Å²) in [5.74, 6) is -0.170. The van der Waals surface area contributed by atoms with Crippen LogP contribution in [0, 0.1) is 5.82 Å². The van der Waals surface area contributed by atoms with Crippen LogP contribution in [0.25, 0.3) is 11.4 Å². The van der Waals surface area contributed by atoms with E-state index < -0.39 is 5.82 Å². The smallest absolute Gasteiger partial charge is 0.205 e. The van der Waals surface area contributed by atoms with Crippen LogP contribution in [0.1, 0.15) is 24.0 Å². The third-order valence-corrected chi connectivity index (χ3v) is 3.39. The van der Waals surface area contributed by atoms with Gasteiger partial charge < -0.3 is 0 Å². The molecule has 0 saturated heterocycles. The van der Waals surface area contributed by atoms with Gasteiger partial charge in [0.15, 0.2) is 5.82 Å².